The van der Waals surface area contributed by atoms with Gasteiger partial charge in [0.25, 0.3) is 11.7 Å². The number of carbonyl (C=O) groups is 2. The van der Waals surface area contributed by atoms with Crippen LogP contribution in [0.3, 0.4) is 0 Å². The average molecular weight is 404 g/mol. The summed E-state index contributed by atoms with van der Waals surface area (Å²) in [5, 5.41) is 10.9. The molecule has 1 amide bonds. The molecule has 30 heavy (non-hydrogen) atoms. The van der Waals surface area contributed by atoms with E-state index in [4.69, 9.17) is 9.15 Å². The molecule has 1 aliphatic heterocycles. The maximum absolute atomic E-state index is 12.9. The van der Waals surface area contributed by atoms with Gasteiger partial charge in [0.1, 0.15) is 17.3 Å². The third-order valence-electron chi connectivity index (χ3n) is 4.91. The Balaban J connectivity index is 1.82. The number of rotatable bonds is 6. The predicted molar refractivity (Wildman–Crippen MR) is 108 cm³/mol. The van der Waals surface area contributed by atoms with Gasteiger partial charge in [-0.3, -0.25) is 14.6 Å². The quantitative estimate of drug-likeness (QED) is 0.383. The number of benzene rings is 1. The number of aromatic nitrogens is 1. The number of hydrogen-bond acceptors (Lipinski definition) is 6. The van der Waals surface area contributed by atoms with Crippen molar-refractivity contribution in [1.82, 2.24) is 9.88 Å². The number of ketones is 1. The van der Waals surface area contributed by atoms with E-state index in [0.29, 0.717) is 29.2 Å². The Labute approximate surface area is 173 Å². The van der Waals surface area contributed by atoms with Crippen molar-refractivity contribution in [1.29, 1.82) is 0 Å². The Morgan fingerprint density at radius 1 is 1.13 bits per heavy atom. The van der Waals surface area contributed by atoms with Gasteiger partial charge in [-0.15, -0.1) is 0 Å². The molecule has 1 aromatic carbocycles. The molecule has 1 saturated heterocycles. The molecule has 3 heterocycles. The van der Waals surface area contributed by atoms with Crippen molar-refractivity contribution < 1.29 is 23.8 Å². The van der Waals surface area contributed by atoms with Crippen molar-refractivity contribution >= 4 is 17.4 Å². The summed E-state index contributed by atoms with van der Waals surface area (Å²) in [6.07, 6.45) is 4.54. The maximum atomic E-state index is 12.9. The molecule has 0 aliphatic carbocycles. The van der Waals surface area contributed by atoms with E-state index in [1.165, 1.54) is 23.6 Å². The minimum Gasteiger partial charge on any atom is -0.507 e. The second-order valence-electron chi connectivity index (χ2n) is 6.74. The fraction of sp³-hybridized carbons (Fsp3) is 0.174. The molecule has 0 spiro atoms. The summed E-state index contributed by atoms with van der Waals surface area (Å²) in [6.45, 7) is 2.52. The molecular formula is C23H20N2O5. The number of hydrogen-bond donors (Lipinski definition) is 1. The van der Waals surface area contributed by atoms with Crippen LogP contribution in [0.1, 0.15) is 29.9 Å². The minimum absolute atomic E-state index is 0.0296. The van der Waals surface area contributed by atoms with Gasteiger partial charge in [0.05, 0.1) is 31.0 Å². The molecule has 7 nitrogen and oxygen atoms in total. The third kappa shape index (κ3) is 3.57. The van der Waals surface area contributed by atoms with Crippen molar-refractivity contribution in [3.05, 3.63) is 89.6 Å². The molecule has 7 heteroatoms. The topological polar surface area (TPSA) is 92.9 Å². The zero-order chi connectivity index (χ0) is 21.1. The Morgan fingerprint density at radius 2 is 1.87 bits per heavy atom. The Kier molecular flexibility index (Phi) is 5.34. The Bertz CT molecular complexity index is 1070. The van der Waals surface area contributed by atoms with Gasteiger partial charge in [-0.05, 0) is 48.9 Å². The van der Waals surface area contributed by atoms with E-state index in [0.717, 1.165) is 0 Å². The van der Waals surface area contributed by atoms with Gasteiger partial charge in [0.2, 0.25) is 0 Å². The lowest BCUT2D eigenvalue weighted by atomic mass is 9.95. The smallest absolute Gasteiger partial charge is 0.296 e. The van der Waals surface area contributed by atoms with E-state index in [9.17, 15) is 14.7 Å². The van der Waals surface area contributed by atoms with Crippen LogP contribution in [0.2, 0.25) is 0 Å². The van der Waals surface area contributed by atoms with Crippen LogP contribution in [0.4, 0.5) is 0 Å². The molecule has 0 bridgehead atoms. The molecule has 1 N–H and O–H groups in total. The number of furan rings is 1. The molecule has 3 aromatic rings. The zero-order valence-electron chi connectivity index (χ0n) is 16.3. The van der Waals surface area contributed by atoms with Gasteiger partial charge in [-0.2, -0.15) is 0 Å². The number of aliphatic hydroxyl groups excluding tert-OH is 1. The Hall–Kier alpha value is -3.87. The summed E-state index contributed by atoms with van der Waals surface area (Å²) in [4.78, 5) is 31.2. The highest BCUT2D eigenvalue weighted by molar-refractivity contribution is 6.46. The highest BCUT2D eigenvalue weighted by Gasteiger charge is 2.46. The molecule has 0 radical (unpaired) electrons. The molecule has 1 atom stereocenters. The first-order valence-corrected chi connectivity index (χ1v) is 9.54. The first-order chi connectivity index (χ1) is 14.6. The summed E-state index contributed by atoms with van der Waals surface area (Å²) >= 11 is 0. The highest BCUT2D eigenvalue weighted by atomic mass is 16.5. The number of Topliss-reactive ketones (excluding diaryl/α,β-unsaturated/α-hetero) is 1. The SMILES string of the molecule is CCOc1ccc(C2C(=C(O)c3ccncc3)C(=O)C(=O)N2Cc2ccco2)cc1. The highest BCUT2D eigenvalue weighted by Crippen LogP contribution is 2.40. The molecular weight excluding hydrogens is 384 g/mol. The van der Waals surface area contributed by atoms with E-state index in [1.54, 1.807) is 48.5 Å². The zero-order valence-corrected chi connectivity index (χ0v) is 16.3. The summed E-state index contributed by atoms with van der Waals surface area (Å²) in [5.74, 6) is -0.456. The molecule has 2 aromatic heterocycles. The summed E-state index contributed by atoms with van der Waals surface area (Å²) < 4.78 is 10.9. The van der Waals surface area contributed by atoms with E-state index >= 15 is 0 Å². The number of amides is 1. The first kappa shape index (κ1) is 19.4. The maximum Gasteiger partial charge on any atom is 0.296 e. The molecule has 0 saturated carbocycles. The summed E-state index contributed by atoms with van der Waals surface area (Å²) in [5.41, 5.74) is 1.12. The molecule has 4 rings (SSSR count). The van der Waals surface area contributed by atoms with Crippen LogP contribution in [0.25, 0.3) is 5.76 Å². The number of likely N-dealkylation sites (tertiary alicyclic amines) is 1. The van der Waals surface area contributed by atoms with Crippen LogP contribution in [0.15, 0.2) is 77.2 Å². The van der Waals surface area contributed by atoms with E-state index in [-0.39, 0.29) is 17.9 Å². The molecule has 1 unspecified atom stereocenters. The second-order valence-corrected chi connectivity index (χ2v) is 6.74. The van der Waals surface area contributed by atoms with E-state index < -0.39 is 17.7 Å². The monoisotopic (exact) mass is 404 g/mol. The molecule has 1 fully saturated rings. The van der Waals surface area contributed by atoms with Gasteiger partial charge in [-0.1, -0.05) is 12.1 Å². The lowest BCUT2D eigenvalue weighted by Crippen LogP contribution is -2.29. The number of ether oxygens (including phenoxy) is 1. The lowest BCUT2D eigenvalue weighted by Gasteiger charge is -2.24. The van der Waals surface area contributed by atoms with Crippen LogP contribution in [0, 0.1) is 0 Å². The predicted octanol–water partition coefficient (Wildman–Crippen LogP) is 3.70. The average Bonchev–Trinajstić information content (AvgIpc) is 3.37. The summed E-state index contributed by atoms with van der Waals surface area (Å²) in [7, 11) is 0. The fourth-order valence-electron chi connectivity index (χ4n) is 3.54. The first-order valence-electron chi connectivity index (χ1n) is 9.54. The summed E-state index contributed by atoms with van der Waals surface area (Å²) in [6, 6.07) is 13.0. The Morgan fingerprint density at radius 3 is 2.50 bits per heavy atom. The van der Waals surface area contributed by atoms with E-state index in [2.05, 4.69) is 4.98 Å². The largest absolute Gasteiger partial charge is 0.507 e. The number of pyridine rings is 1. The molecule has 1 aliphatic rings. The van der Waals surface area contributed by atoms with Crippen LogP contribution in [0.5, 0.6) is 5.75 Å². The third-order valence-corrected chi connectivity index (χ3v) is 4.91. The van der Waals surface area contributed by atoms with Gasteiger partial charge in [-0.25, -0.2) is 0 Å². The van der Waals surface area contributed by atoms with Gasteiger partial charge in [0, 0.05) is 18.0 Å². The standard InChI is InChI=1S/C23H20N2O5/c1-2-29-17-7-5-15(6-8-17)20-19(21(26)16-9-11-24-12-10-16)22(27)23(28)25(20)14-18-4-3-13-30-18/h3-13,20,26H,2,14H2,1H3. The fourth-order valence-corrected chi connectivity index (χ4v) is 3.54. The van der Waals surface area contributed by atoms with Gasteiger partial charge in [0.15, 0.2) is 0 Å². The van der Waals surface area contributed by atoms with Crippen LogP contribution in [-0.2, 0) is 16.1 Å². The van der Waals surface area contributed by atoms with E-state index in [1.807, 2.05) is 6.92 Å². The van der Waals surface area contributed by atoms with Crippen molar-refractivity contribution in [2.75, 3.05) is 6.61 Å². The van der Waals surface area contributed by atoms with Crippen molar-refractivity contribution in [2.45, 2.75) is 19.5 Å². The lowest BCUT2D eigenvalue weighted by molar-refractivity contribution is -0.140. The van der Waals surface area contributed by atoms with Gasteiger partial charge >= 0.3 is 0 Å². The van der Waals surface area contributed by atoms with Gasteiger partial charge < -0.3 is 19.2 Å². The normalized spacial score (nSPS) is 18.0. The van der Waals surface area contributed by atoms with Crippen LogP contribution in [-0.4, -0.2) is 33.3 Å². The number of aliphatic hydroxyl groups is 1. The number of nitrogens with zero attached hydrogens (tertiary/aromatic N) is 2. The second kappa shape index (κ2) is 8.24. The van der Waals surface area contributed by atoms with Crippen LogP contribution >= 0.6 is 0 Å². The number of carbonyl (C=O) groups excluding carboxylic acids is 2. The van der Waals surface area contributed by atoms with Crippen molar-refractivity contribution in [3.8, 4) is 5.75 Å². The van der Waals surface area contributed by atoms with Crippen molar-refractivity contribution in [3.63, 3.8) is 0 Å². The van der Waals surface area contributed by atoms with Crippen molar-refractivity contribution in [2.24, 2.45) is 0 Å². The molecule has 152 valence electrons. The minimum atomic E-state index is -0.765. The van der Waals surface area contributed by atoms with Crippen LogP contribution < -0.4 is 4.74 Å².